The molecule has 0 amide bonds. The Kier molecular flexibility index (Phi) is 4.13. The monoisotopic (exact) mass is 240 g/mol. The van der Waals surface area contributed by atoms with E-state index in [0.29, 0.717) is 6.54 Å². The summed E-state index contributed by atoms with van der Waals surface area (Å²) in [5.41, 5.74) is 10.6. The summed E-state index contributed by atoms with van der Waals surface area (Å²) >= 11 is 0. The summed E-state index contributed by atoms with van der Waals surface area (Å²) in [6.45, 7) is 2.70. The maximum atomic E-state index is 5.62. The second-order valence-electron chi connectivity index (χ2n) is 4.58. The fraction of sp³-hybridized carbons (Fsp3) is 0.250. The third-order valence-electron chi connectivity index (χ3n) is 3.25. The van der Waals surface area contributed by atoms with E-state index in [1.165, 1.54) is 16.7 Å². The molecule has 1 atom stereocenters. The first kappa shape index (κ1) is 12.8. The fourth-order valence-corrected chi connectivity index (χ4v) is 2.13. The van der Waals surface area contributed by atoms with Gasteiger partial charge in [-0.05, 0) is 30.7 Å². The van der Waals surface area contributed by atoms with E-state index in [9.17, 15) is 0 Å². The fourth-order valence-electron chi connectivity index (χ4n) is 2.13. The van der Waals surface area contributed by atoms with Gasteiger partial charge in [0.05, 0.1) is 6.04 Å². The molecule has 0 spiro atoms. The van der Waals surface area contributed by atoms with Crippen molar-refractivity contribution in [1.29, 1.82) is 0 Å². The van der Waals surface area contributed by atoms with E-state index in [4.69, 9.17) is 5.73 Å². The molecule has 2 rings (SSSR count). The maximum absolute atomic E-state index is 5.62. The van der Waals surface area contributed by atoms with Gasteiger partial charge in [0.15, 0.2) is 0 Å². The zero-order valence-corrected chi connectivity index (χ0v) is 11.0. The Morgan fingerprint density at radius 2 is 1.44 bits per heavy atom. The molecule has 0 aliphatic rings. The molecule has 0 aliphatic carbocycles. The van der Waals surface area contributed by atoms with Crippen LogP contribution in [-0.2, 0) is 6.54 Å². The van der Waals surface area contributed by atoms with Crippen molar-refractivity contribution in [3.05, 3.63) is 70.8 Å². The highest BCUT2D eigenvalue weighted by molar-refractivity contribution is 5.34. The summed E-state index contributed by atoms with van der Waals surface area (Å²) in [7, 11) is 1.99. The van der Waals surface area contributed by atoms with E-state index in [-0.39, 0.29) is 6.04 Å². The minimum Gasteiger partial charge on any atom is -0.326 e. The second kappa shape index (κ2) is 5.80. The summed E-state index contributed by atoms with van der Waals surface area (Å²) in [4.78, 5) is 0. The highest BCUT2D eigenvalue weighted by Crippen LogP contribution is 2.22. The molecule has 18 heavy (non-hydrogen) atoms. The molecule has 2 aromatic rings. The quantitative estimate of drug-likeness (QED) is 0.862. The lowest BCUT2D eigenvalue weighted by Crippen LogP contribution is -2.17. The number of hydrogen-bond acceptors (Lipinski definition) is 2. The molecule has 94 valence electrons. The van der Waals surface area contributed by atoms with Crippen LogP contribution in [0.4, 0.5) is 0 Å². The van der Waals surface area contributed by atoms with Gasteiger partial charge in [0, 0.05) is 6.54 Å². The van der Waals surface area contributed by atoms with Crippen LogP contribution in [0.25, 0.3) is 0 Å². The largest absolute Gasteiger partial charge is 0.326 e. The maximum Gasteiger partial charge on any atom is 0.0574 e. The van der Waals surface area contributed by atoms with Crippen LogP contribution in [0.15, 0.2) is 48.5 Å². The SMILES string of the molecule is CNC(c1ccc(C)cc1)c1ccc(CN)cc1. The third kappa shape index (κ3) is 2.78. The van der Waals surface area contributed by atoms with Gasteiger partial charge in [-0.15, -0.1) is 0 Å². The van der Waals surface area contributed by atoms with E-state index in [0.717, 1.165) is 5.56 Å². The van der Waals surface area contributed by atoms with Gasteiger partial charge in [0.2, 0.25) is 0 Å². The normalized spacial score (nSPS) is 12.4. The first-order valence-corrected chi connectivity index (χ1v) is 6.27. The van der Waals surface area contributed by atoms with Gasteiger partial charge in [0.1, 0.15) is 0 Å². The number of nitrogens with two attached hydrogens (primary N) is 1. The van der Waals surface area contributed by atoms with Crippen LogP contribution in [0.5, 0.6) is 0 Å². The first-order valence-electron chi connectivity index (χ1n) is 6.27. The summed E-state index contributed by atoms with van der Waals surface area (Å²) in [6, 6.07) is 17.3. The topological polar surface area (TPSA) is 38.0 Å². The van der Waals surface area contributed by atoms with E-state index in [1.54, 1.807) is 0 Å². The average Bonchev–Trinajstić information content (AvgIpc) is 2.42. The van der Waals surface area contributed by atoms with Crippen molar-refractivity contribution in [2.45, 2.75) is 19.5 Å². The van der Waals surface area contributed by atoms with Gasteiger partial charge in [-0.25, -0.2) is 0 Å². The molecule has 0 aliphatic heterocycles. The van der Waals surface area contributed by atoms with Gasteiger partial charge >= 0.3 is 0 Å². The Balaban J connectivity index is 2.29. The van der Waals surface area contributed by atoms with Gasteiger partial charge in [0.25, 0.3) is 0 Å². The molecule has 0 fully saturated rings. The number of aryl methyl sites for hydroxylation is 1. The number of hydrogen-bond donors (Lipinski definition) is 2. The summed E-state index contributed by atoms with van der Waals surface area (Å²) in [6.07, 6.45) is 0. The minimum absolute atomic E-state index is 0.234. The molecule has 0 heterocycles. The molecule has 2 nitrogen and oxygen atoms in total. The van der Waals surface area contributed by atoms with Crippen LogP contribution in [0.3, 0.4) is 0 Å². The first-order chi connectivity index (χ1) is 8.74. The summed E-state index contributed by atoms with van der Waals surface area (Å²) in [5.74, 6) is 0. The van der Waals surface area contributed by atoms with Crippen LogP contribution in [-0.4, -0.2) is 7.05 Å². The lowest BCUT2D eigenvalue weighted by molar-refractivity contribution is 0.691. The number of nitrogens with one attached hydrogen (secondary N) is 1. The molecule has 0 radical (unpaired) electrons. The van der Waals surface area contributed by atoms with Crippen LogP contribution in [0, 0.1) is 6.92 Å². The Morgan fingerprint density at radius 3 is 1.89 bits per heavy atom. The Labute approximate surface area is 109 Å². The van der Waals surface area contributed by atoms with Crippen LogP contribution < -0.4 is 11.1 Å². The molecule has 0 bridgehead atoms. The van der Waals surface area contributed by atoms with Crippen molar-refractivity contribution >= 4 is 0 Å². The second-order valence-corrected chi connectivity index (χ2v) is 4.58. The van der Waals surface area contributed by atoms with E-state index >= 15 is 0 Å². The molecule has 0 aromatic heterocycles. The average molecular weight is 240 g/mol. The van der Waals surface area contributed by atoms with Crippen LogP contribution in [0.2, 0.25) is 0 Å². The van der Waals surface area contributed by atoms with Crippen molar-refractivity contribution in [1.82, 2.24) is 5.32 Å². The molecular formula is C16H20N2. The molecule has 2 aromatic carbocycles. The highest BCUT2D eigenvalue weighted by Gasteiger charge is 2.11. The highest BCUT2D eigenvalue weighted by atomic mass is 14.9. The minimum atomic E-state index is 0.234. The third-order valence-corrected chi connectivity index (χ3v) is 3.25. The predicted molar refractivity (Wildman–Crippen MR) is 76.4 cm³/mol. The van der Waals surface area contributed by atoms with Crippen molar-refractivity contribution in [2.24, 2.45) is 5.73 Å². The zero-order valence-electron chi connectivity index (χ0n) is 11.0. The van der Waals surface area contributed by atoms with E-state index < -0.39 is 0 Å². The van der Waals surface area contributed by atoms with Crippen LogP contribution in [0.1, 0.15) is 28.3 Å². The van der Waals surface area contributed by atoms with Gasteiger partial charge in [-0.2, -0.15) is 0 Å². The van der Waals surface area contributed by atoms with Gasteiger partial charge < -0.3 is 11.1 Å². The van der Waals surface area contributed by atoms with E-state index in [1.807, 2.05) is 7.05 Å². The van der Waals surface area contributed by atoms with E-state index in [2.05, 4.69) is 60.8 Å². The van der Waals surface area contributed by atoms with Crippen molar-refractivity contribution in [3.63, 3.8) is 0 Å². The summed E-state index contributed by atoms with van der Waals surface area (Å²) < 4.78 is 0. The number of rotatable bonds is 4. The number of benzene rings is 2. The molecular weight excluding hydrogens is 220 g/mol. The smallest absolute Gasteiger partial charge is 0.0574 e. The van der Waals surface area contributed by atoms with Crippen molar-refractivity contribution in [3.8, 4) is 0 Å². The Hall–Kier alpha value is -1.64. The van der Waals surface area contributed by atoms with Crippen molar-refractivity contribution < 1.29 is 0 Å². The standard InChI is InChI=1S/C16H20N2/c1-12-3-7-14(8-4-12)16(18-2)15-9-5-13(11-17)6-10-15/h3-10,16,18H,11,17H2,1-2H3. The molecule has 0 saturated heterocycles. The van der Waals surface area contributed by atoms with Gasteiger partial charge in [-0.3, -0.25) is 0 Å². The van der Waals surface area contributed by atoms with Crippen LogP contribution >= 0.6 is 0 Å². The van der Waals surface area contributed by atoms with Gasteiger partial charge in [-0.1, -0.05) is 54.1 Å². The Bertz CT molecular complexity index is 486. The predicted octanol–water partition coefficient (Wildman–Crippen LogP) is 2.76. The Morgan fingerprint density at radius 1 is 0.944 bits per heavy atom. The molecule has 0 saturated carbocycles. The molecule has 2 heteroatoms. The zero-order chi connectivity index (χ0) is 13.0. The molecule has 3 N–H and O–H groups in total. The lowest BCUT2D eigenvalue weighted by atomic mass is 9.97. The lowest BCUT2D eigenvalue weighted by Gasteiger charge is -2.17. The van der Waals surface area contributed by atoms with Crippen molar-refractivity contribution in [2.75, 3.05) is 7.05 Å². The summed E-state index contributed by atoms with van der Waals surface area (Å²) in [5, 5.41) is 3.36. The molecule has 1 unspecified atom stereocenters.